The van der Waals surface area contributed by atoms with Gasteiger partial charge in [-0.1, -0.05) is 60.0 Å². The van der Waals surface area contributed by atoms with Crippen molar-refractivity contribution in [2.75, 3.05) is 7.05 Å². The van der Waals surface area contributed by atoms with Crippen molar-refractivity contribution < 1.29 is 19.5 Å². The second kappa shape index (κ2) is 11.7. The molecule has 0 bridgehead atoms. The molecule has 0 saturated heterocycles. The summed E-state index contributed by atoms with van der Waals surface area (Å²) in [5.74, 6) is -1.40. The summed E-state index contributed by atoms with van der Waals surface area (Å²) in [6.07, 6.45) is 7.37. The summed E-state index contributed by atoms with van der Waals surface area (Å²) in [7, 11) is 1.67. The van der Waals surface area contributed by atoms with Gasteiger partial charge in [-0.2, -0.15) is 0 Å². The van der Waals surface area contributed by atoms with Crippen molar-refractivity contribution in [2.24, 2.45) is 11.3 Å². The Morgan fingerprint density at radius 2 is 1.61 bits per heavy atom. The van der Waals surface area contributed by atoms with Crippen molar-refractivity contribution in [1.82, 2.24) is 15.5 Å². The largest absolute Gasteiger partial charge is 0.478 e. The maximum atomic E-state index is 13.4. The zero-order valence-electron chi connectivity index (χ0n) is 20.6. The van der Waals surface area contributed by atoms with Gasteiger partial charge in [0.05, 0.1) is 12.1 Å². The average Bonchev–Trinajstić information content (AvgIpc) is 2.68. The van der Waals surface area contributed by atoms with Crippen molar-refractivity contribution in [3.8, 4) is 0 Å². The van der Waals surface area contributed by atoms with E-state index in [0.29, 0.717) is 6.04 Å². The van der Waals surface area contributed by atoms with E-state index in [2.05, 4.69) is 10.6 Å². The first-order chi connectivity index (χ1) is 14.3. The lowest BCUT2D eigenvalue weighted by molar-refractivity contribution is -0.140. The Morgan fingerprint density at radius 3 is 2.06 bits per heavy atom. The van der Waals surface area contributed by atoms with E-state index in [9.17, 15) is 19.5 Å². The van der Waals surface area contributed by atoms with E-state index in [0.717, 1.165) is 12.8 Å². The maximum absolute atomic E-state index is 13.4. The van der Waals surface area contributed by atoms with Crippen LogP contribution in [-0.4, -0.2) is 59.0 Å². The van der Waals surface area contributed by atoms with Crippen molar-refractivity contribution in [3.05, 3.63) is 11.6 Å². The van der Waals surface area contributed by atoms with Crippen LogP contribution in [0.2, 0.25) is 0 Å². The molecule has 2 amide bonds. The average molecular weight is 438 g/mol. The number of carbonyl (C=O) groups excluding carboxylic acids is 2. The van der Waals surface area contributed by atoms with Crippen LogP contribution in [-0.2, 0) is 14.4 Å². The third kappa shape index (κ3) is 8.28. The number of nitrogens with one attached hydrogen (secondary N) is 2. The zero-order valence-corrected chi connectivity index (χ0v) is 20.6. The number of hydrogen-bond acceptors (Lipinski definition) is 4. The topological polar surface area (TPSA) is 98.7 Å². The van der Waals surface area contributed by atoms with E-state index in [4.69, 9.17) is 0 Å². The van der Waals surface area contributed by atoms with Crippen LogP contribution in [0.1, 0.15) is 80.6 Å². The van der Waals surface area contributed by atoms with Gasteiger partial charge in [0.15, 0.2) is 0 Å². The number of carboxylic acid groups (broad SMARTS) is 1. The number of nitrogens with zero attached hydrogens (tertiary/aromatic N) is 1. The smallest absolute Gasteiger partial charge is 0.331 e. The van der Waals surface area contributed by atoms with Gasteiger partial charge in [0.1, 0.15) is 6.04 Å². The van der Waals surface area contributed by atoms with E-state index in [1.54, 1.807) is 18.0 Å². The first kappa shape index (κ1) is 27.1. The summed E-state index contributed by atoms with van der Waals surface area (Å²) in [6.45, 7) is 13.0. The number of aliphatic carboxylic acids is 1. The number of rotatable bonds is 9. The molecule has 178 valence electrons. The molecule has 3 atom stereocenters. The molecule has 0 radical (unpaired) electrons. The van der Waals surface area contributed by atoms with Gasteiger partial charge in [-0.05, 0) is 38.0 Å². The molecule has 0 heterocycles. The molecule has 31 heavy (non-hydrogen) atoms. The summed E-state index contributed by atoms with van der Waals surface area (Å²) in [4.78, 5) is 39.2. The van der Waals surface area contributed by atoms with E-state index in [1.165, 1.54) is 26.2 Å². The summed E-state index contributed by atoms with van der Waals surface area (Å²) in [5, 5.41) is 15.6. The third-order valence-corrected chi connectivity index (χ3v) is 6.12. The molecule has 0 spiro atoms. The van der Waals surface area contributed by atoms with Gasteiger partial charge in [-0.3, -0.25) is 9.59 Å². The molecule has 0 aromatic rings. The highest BCUT2D eigenvalue weighted by Crippen LogP contribution is 2.24. The molecule has 7 nitrogen and oxygen atoms in total. The summed E-state index contributed by atoms with van der Waals surface area (Å²) >= 11 is 0. The third-order valence-electron chi connectivity index (χ3n) is 6.12. The van der Waals surface area contributed by atoms with Gasteiger partial charge in [0.25, 0.3) is 0 Å². The van der Waals surface area contributed by atoms with Gasteiger partial charge in [0, 0.05) is 18.7 Å². The molecule has 1 aliphatic rings. The van der Waals surface area contributed by atoms with Crippen LogP contribution in [0.3, 0.4) is 0 Å². The fourth-order valence-electron chi connectivity index (χ4n) is 4.04. The molecule has 1 saturated carbocycles. The highest BCUT2D eigenvalue weighted by molar-refractivity contribution is 5.90. The molecular weight excluding hydrogens is 394 g/mol. The minimum absolute atomic E-state index is 0.0199. The Labute approximate surface area is 188 Å². The monoisotopic (exact) mass is 437 g/mol. The molecule has 3 N–H and O–H groups in total. The number of carbonyl (C=O) groups is 3. The SMILES string of the molecule is C/C(=C\[C@H](C(C)C)N(C)C(=O)[C@@H](NC(=O)C(C)NC1CCCCC1)C(C)(C)C)C(=O)O. The number of carboxylic acids is 1. The maximum Gasteiger partial charge on any atom is 0.331 e. The first-order valence-corrected chi connectivity index (χ1v) is 11.5. The van der Waals surface area contributed by atoms with Crippen LogP contribution >= 0.6 is 0 Å². The Bertz CT molecular complexity index is 660. The predicted molar refractivity (Wildman–Crippen MR) is 124 cm³/mol. The molecule has 0 aromatic carbocycles. The zero-order chi connectivity index (χ0) is 23.9. The van der Waals surface area contributed by atoms with Gasteiger partial charge in [-0.15, -0.1) is 0 Å². The lowest BCUT2D eigenvalue weighted by Gasteiger charge is -2.38. The van der Waals surface area contributed by atoms with Crippen LogP contribution in [0, 0.1) is 11.3 Å². The molecule has 1 unspecified atom stereocenters. The van der Waals surface area contributed by atoms with Crippen LogP contribution in [0.25, 0.3) is 0 Å². The van der Waals surface area contributed by atoms with Crippen molar-refractivity contribution >= 4 is 17.8 Å². The molecule has 1 rings (SSSR count). The van der Waals surface area contributed by atoms with Crippen LogP contribution in [0.15, 0.2) is 11.6 Å². The quantitative estimate of drug-likeness (QED) is 0.481. The fraction of sp³-hybridized carbons (Fsp3) is 0.792. The predicted octanol–water partition coefficient (Wildman–Crippen LogP) is 3.34. The molecule has 1 aliphatic carbocycles. The van der Waals surface area contributed by atoms with Crippen molar-refractivity contribution in [1.29, 1.82) is 0 Å². The van der Waals surface area contributed by atoms with Crippen LogP contribution in [0.5, 0.6) is 0 Å². The van der Waals surface area contributed by atoms with Gasteiger partial charge in [-0.25, -0.2) is 4.79 Å². The minimum atomic E-state index is -1.00. The second-order valence-corrected chi connectivity index (χ2v) is 10.4. The molecule has 1 fully saturated rings. The van der Waals surface area contributed by atoms with Crippen LogP contribution < -0.4 is 10.6 Å². The van der Waals surface area contributed by atoms with E-state index in [-0.39, 0.29) is 35.4 Å². The fourth-order valence-corrected chi connectivity index (χ4v) is 4.04. The van der Waals surface area contributed by atoms with Gasteiger partial charge < -0.3 is 20.6 Å². The number of likely N-dealkylation sites (N-methyl/N-ethyl adjacent to an activating group) is 1. The lowest BCUT2D eigenvalue weighted by Crippen LogP contribution is -2.59. The number of amides is 2. The molecular formula is C24H43N3O4. The highest BCUT2D eigenvalue weighted by atomic mass is 16.4. The van der Waals surface area contributed by atoms with E-state index >= 15 is 0 Å². The van der Waals surface area contributed by atoms with E-state index in [1.807, 2.05) is 41.5 Å². The molecule has 7 heteroatoms. The first-order valence-electron chi connectivity index (χ1n) is 11.5. The Hall–Kier alpha value is -1.89. The molecule has 0 aliphatic heterocycles. The minimum Gasteiger partial charge on any atom is -0.478 e. The lowest BCUT2D eigenvalue weighted by atomic mass is 9.85. The Kier molecular flexibility index (Phi) is 10.2. The Balaban J connectivity index is 2.98. The normalized spacial score (nSPS) is 18.9. The summed E-state index contributed by atoms with van der Waals surface area (Å²) < 4.78 is 0. The molecule has 0 aromatic heterocycles. The standard InChI is InChI=1S/C24H43N3O4/c1-15(2)19(14-16(3)23(30)31)27(8)22(29)20(24(5,6)7)26-21(28)17(4)25-18-12-10-9-11-13-18/h14-15,17-20,25H,9-13H2,1-8H3,(H,26,28)(H,30,31)/b16-14+/t17?,19-,20-/m1/s1. The van der Waals surface area contributed by atoms with Crippen molar-refractivity contribution in [3.63, 3.8) is 0 Å². The second-order valence-electron chi connectivity index (χ2n) is 10.4. The van der Waals surface area contributed by atoms with Gasteiger partial charge >= 0.3 is 5.97 Å². The summed E-state index contributed by atoms with van der Waals surface area (Å²) in [5.41, 5.74) is -0.307. The highest BCUT2D eigenvalue weighted by Gasteiger charge is 2.37. The Morgan fingerprint density at radius 1 is 1.06 bits per heavy atom. The van der Waals surface area contributed by atoms with Gasteiger partial charge in [0.2, 0.25) is 11.8 Å². The van der Waals surface area contributed by atoms with Crippen molar-refractivity contribution in [2.45, 2.75) is 105 Å². The van der Waals surface area contributed by atoms with E-state index < -0.39 is 17.4 Å². The summed E-state index contributed by atoms with van der Waals surface area (Å²) in [6, 6.07) is -1.15. The number of hydrogen-bond donors (Lipinski definition) is 3. The van der Waals surface area contributed by atoms with Crippen LogP contribution in [0.4, 0.5) is 0 Å².